The normalized spacial score (nSPS) is 10.1. The first-order valence-electron chi connectivity index (χ1n) is 5.72. The molecule has 2 N–H and O–H groups in total. The van der Waals surface area contributed by atoms with Crippen LogP contribution in [-0.4, -0.2) is 22.2 Å². The van der Waals surface area contributed by atoms with Crippen molar-refractivity contribution >= 4 is 23.3 Å². The lowest BCUT2D eigenvalue weighted by atomic mass is 10.1. The summed E-state index contributed by atoms with van der Waals surface area (Å²) in [6, 6.07) is 7.33. The Labute approximate surface area is 109 Å². The van der Waals surface area contributed by atoms with Crippen LogP contribution in [0.4, 0.5) is 10.5 Å². The molecule has 0 saturated carbocycles. The van der Waals surface area contributed by atoms with Crippen molar-refractivity contribution < 1.29 is 4.79 Å². The third-order valence-electron chi connectivity index (χ3n) is 2.33. The van der Waals surface area contributed by atoms with Crippen molar-refractivity contribution in [3.63, 3.8) is 0 Å². The van der Waals surface area contributed by atoms with Crippen molar-refractivity contribution in [2.45, 2.75) is 13.3 Å². The van der Waals surface area contributed by atoms with Crippen LogP contribution in [0.5, 0.6) is 0 Å². The molecular weight excluding hydrogens is 248 g/mol. The SMILES string of the molecule is CCCNC(=O)Nc1ccc(-c2csnn2)cc1. The molecule has 0 aliphatic carbocycles. The molecule has 2 aromatic rings. The lowest BCUT2D eigenvalue weighted by Crippen LogP contribution is -2.29. The number of hydrogen-bond acceptors (Lipinski definition) is 4. The van der Waals surface area contributed by atoms with Crippen LogP contribution < -0.4 is 10.6 Å². The number of carbonyl (C=O) groups excluding carboxylic acids is 1. The number of anilines is 1. The Kier molecular flexibility index (Phi) is 4.25. The molecule has 0 unspecified atom stereocenters. The Hall–Kier alpha value is -1.95. The summed E-state index contributed by atoms with van der Waals surface area (Å²) in [6.45, 7) is 2.69. The summed E-state index contributed by atoms with van der Waals surface area (Å²) >= 11 is 1.32. The van der Waals surface area contributed by atoms with E-state index in [2.05, 4.69) is 20.2 Å². The minimum atomic E-state index is -0.181. The molecule has 6 heteroatoms. The molecule has 18 heavy (non-hydrogen) atoms. The number of carbonyl (C=O) groups is 1. The standard InChI is InChI=1S/C12H14N4OS/c1-2-7-13-12(17)14-10-5-3-9(4-6-10)11-8-18-16-15-11/h3-6,8H,2,7H2,1H3,(H2,13,14,17). The summed E-state index contributed by atoms with van der Waals surface area (Å²) in [5, 5.41) is 11.4. The van der Waals surface area contributed by atoms with Crippen molar-refractivity contribution in [3.8, 4) is 11.3 Å². The van der Waals surface area contributed by atoms with Gasteiger partial charge in [-0.2, -0.15) is 0 Å². The average molecular weight is 262 g/mol. The summed E-state index contributed by atoms with van der Waals surface area (Å²) in [7, 11) is 0. The Morgan fingerprint density at radius 3 is 2.72 bits per heavy atom. The summed E-state index contributed by atoms with van der Waals surface area (Å²) in [6.07, 6.45) is 0.920. The number of amides is 2. The van der Waals surface area contributed by atoms with Gasteiger partial charge in [0.1, 0.15) is 5.69 Å². The van der Waals surface area contributed by atoms with Gasteiger partial charge in [-0.25, -0.2) is 4.79 Å². The van der Waals surface area contributed by atoms with Gasteiger partial charge in [0.25, 0.3) is 0 Å². The highest BCUT2D eigenvalue weighted by atomic mass is 32.1. The monoisotopic (exact) mass is 262 g/mol. The highest BCUT2D eigenvalue weighted by Gasteiger charge is 2.03. The van der Waals surface area contributed by atoms with Gasteiger partial charge in [0.05, 0.1) is 0 Å². The first kappa shape index (κ1) is 12.5. The predicted molar refractivity (Wildman–Crippen MR) is 72.7 cm³/mol. The van der Waals surface area contributed by atoms with Crippen molar-refractivity contribution in [1.82, 2.24) is 14.9 Å². The summed E-state index contributed by atoms with van der Waals surface area (Å²) in [4.78, 5) is 11.4. The van der Waals surface area contributed by atoms with E-state index in [1.165, 1.54) is 11.5 Å². The van der Waals surface area contributed by atoms with Gasteiger partial charge in [0.2, 0.25) is 0 Å². The fourth-order valence-electron chi connectivity index (χ4n) is 1.43. The van der Waals surface area contributed by atoms with E-state index in [0.717, 1.165) is 23.4 Å². The number of hydrogen-bond donors (Lipinski definition) is 2. The van der Waals surface area contributed by atoms with Gasteiger partial charge < -0.3 is 10.6 Å². The highest BCUT2D eigenvalue weighted by Crippen LogP contribution is 2.19. The molecule has 0 fully saturated rings. The molecule has 1 aromatic carbocycles. The highest BCUT2D eigenvalue weighted by molar-refractivity contribution is 7.03. The largest absolute Gasteiger partial charge is 0.338 e. The van der Waals surface area contributed by atoms with Crippen LogP contribution in [-0.2, 0) is 0 Å². The summed E-state index contributed by atoms with van der Waals surface area (Å²) < 4.78 is 3.82. The van der Waals surface area contributed by atoms with Gasteiger partial charge in [-0.05, 0) is 30.1 Å². The summed E-state index contributed by atoms with van der Waals surface area (Å²) in [5.41, 5.74) is 2.60. The van der Waals surface area contributed by atoms with Gasteiger partial charge in [-0.3, -0.25) is 0 Å². The fraction of sp³-hybridized carbons (Fsp3) is 0.250. The molecule has 94 valence electrons. The minimum absolute atomic E-state index is 0.181. The van der Waals surface area contributed by atoms with E-state index in [1.807, 2.05) is 36.6 Å². The minimum Gasteiger partial charge on any atom is -0.338 e. The van der Waals surface area contributed by atoms with E-state index in [4.69, 9.17) is 0 Å². The molecule has 0 aliphatic heterocycles. The van der Waals surface area contributed by atoms with Crippen molar-refractivity contribution in [1.29, 1.82) is 0 Å². The van der Waals surface area contributed by atoms with E-state index < -0.39 is 0 Å². The smallest absolute Gasteiger partial charge is 0.319 e. The second-order valence-corrected chi connectivity index (χ2v) is 4.36. The van der Waals surface area contributed by atoms with Crippen LogP contribution in [0.25, 0.3) is 11.3 Å². The number of benzene rings is 1. The second kappa shape index (κ2) is 6.11. The maximum atomic E-state index is 11.4. The van der Waals surface area contributed by atoms with Gasteiger partial charge >= 0.3 is 6.03 Å². The molecule has 1 aromatic heterocycles. The Bertz CT molecular complexity index is 495. The van der Waals surface area contributed by atoms with Gasteiger partial charge in [0.15, 0.2) is 0 Å². The first-order valence-corrected chi connectivity index (χ1v) is 6.55. The molecule has 1 heterocycles. The maximum Gasteiger partial charge on any atom is 0.319 e. The van der Waals surface area contributed by atoms with E-state index in [-0.39, 0.29) is 6.03 Å². The van der Waals surface area contributed by atoms with Gasteiger partial charge in [0, 0.05) is 23.2 Å². The third-order valence-corrected chi connectivity index (χ3v) is 2.84. The van der Waals surface area contributed by atoms with Crippen LogP contribution >= 0.6 is 11.5 Å². The van der Waals surface area contributed by atoms with Crippen molar-refractivity contribution in [2.75, 3.05) is 11.9 Å². The topological polar surface area (TPSA) is 66.9 Å². The lowest BCUT2D eigenvalue weighted by Gasteiger charge is -2.06. The number of nitrogens with one attached hydrogen (secondary N) is 2. The first-order chi connectivity index (χ1) is 8.79. The quantitative estimate of drug-likeness (QED) is 0.890. The summed E-state index contributed by atoms with van der Waals surface area (Å²) in [5.74, 6) is 0. The van der Waals surface area contributed by atoms with Crippen LogP contribution in [0.3, 0.4) is 0 Å². The molecule has 0 saturated heterocycles. The maximum absolute atomic E-state index is 11.4. The van der Waals surface area contributed by atoms with Gasteiger partial charge in [-0.1, -0.05) is 23.5 Å². The zero-order chi connectivity index (χ0) is 12.8. The Morgan fingerprint density at radius 1 is 1.33 bits per heavy atom. The average Bonchev–Trinajstić information content (AvgIpc) is 2.91. The van der Waals surface area contributed by atoms with Crippen LogP contribution in [0.1, 0.15) is 13.3 Å². The van der Waals surface area contributed by atoms with E-state index in [1.54, 1.807) is 0 Å². The van der Waals surface area contributed by atoms with Crippen molar-refractivity contribution in [2.24, 2.45) is 0 Å². The van der Waals surface area contributed by atoms with E-state index in [9.17, 15) is 4.79 Å². The number of rotatable bonds is 4. The number of aromatic nitrogens is 2. The fourth-order valence-corrected chi connectivity index (χ4v) is 1.89. The molecular formula is C12H14N4OS. The molecule has 0 bridgehead atoms. The van der Waals surface area contributed by atoms with Crippen LogP contribution in [0, 0.1) is 0 Å². The molecule has 0 aliphatic rings. The second-order valence-electron chi connectivity index (χ2n) is 3.75. The predicted octanol–water partition coefficient (Wildman–Crippen LogP) is 2.74. The van der Waals surface area contributed by atoms with Gasteiger partial charge in [-0.15, -0.1) is 5.10 Å². The zero-order valence-electron chi connectivity index (χ0n) is 10.0. The molecule has 2 amide bonds. The van der Waals surface area contributed by atoms with E-state index >= 15 is 0 Å². The van der Waals surface area contributed by atoms with Crippen LogP contribution in [0.15, 0.2) is 29.6 Å². The van der Waals surface area contributed by atoms with E-state index in [0.29, 0.717) is 6.54 Å². The third kappa shape index (κ3) is 3.27. The molecule has 0 spiro atoms. The number of urea groups is 1. The lowest BCUT2D eigenvalue weighted by molar-refractivity contribution is 0.252. The Morgan fingerprint density at radius 2 is 2.11 bits per heavy atom. The Balaban J connectivity index is 1.98. The molecule has 0 atom stereocenters. The van der Waals surface area contributed by atoms with Crippen molar-refractivity contribution in [3.05, 3.63) is 29.6 Å². The van der Waals surface area contributed by atoms with Crippen LogP contribution in [0.2, 0.25) is 0 Å². The zero-order valence-corrected chi connectivity index (χ0v) is 10.8. The number of nitrogens with zero attached hydrogens (tertiary/aromatic N) is 2. The molecule has 0 radical (unpaired) electrons. The molecule has 5 nitrogen and oxygen atoms in total. The molecule has 2 rings (SSSR count).